The van der Waals surface area contributed by atoms with E-state index in [1.165, 1.54) is 0 Å². The fraction of sp³-hybridized carbons (Fsp3) is 0.935. The summed E-state index contributed by atoms with van der Waals surface area (Å²) < 4.78 is 34.0. The van der Waals surface area contributed by atoms with Gasteiger partial charge in [0.15, 0.2) is 32.5 Å². The quantitative estimate of drug-likeness (QED) is 0.120. The van der Waals surface area contributed by atoms with Crippen LogP contribution in [0.2, 0.25) is 18.1 Å². The Morgan fingerprint density at radius 3 is 1.62 bits per heavy atom. The summed E-state index contributed by atoms with van der Waals surface area (Å²) >= 11 is 15.1. The van der Waals surface area contributed by atoms with Crippen molar-refractivity contribution in [3.8, 4) is 0 Å². The Hall–Kier alpha value is 0.482. The van der Waals surface area contributed by atoms with Crippen LogP contribution in [0.3, 0.4) is 0 Å². The third-order valence-corrected chi connectivity index (χ3v) is 13.6. The van der Waals surface area contributed by atoms with Gasteiger partial charge in [-0.15, -0.1) is 0 Å². The number of rotatable bonds is 5. The second-order valence-corrected chi connectivity index (χ2v) is 22.4. The summed E-state index contributed by atoms with van der Waals surface area (Å²) in [6.07, 6.45) is -0.672. The molecule has 279 valence electrons. The average Bonchev–Trinajstić information content (AvgIpc) is 2.98. The molecule has 0 aromatic carbocycles. The Balaban J connectivity index is -0.000000525. The minimum atomic E-state index is -1.39. The van der Waals surface area contributed by atoms with Crippen LogP contribution >= 0.6 is 48.3 Å². The number of carbonyl (C=O) groups is 2. The number of hydrogen-bond donors (Lipinski definition) is 3. The molecule has 4 unspecified atom stereocenters. The van der Waals surface area contributed by atoms with E-state index >= 15 is 0 Å². The molecule has 0 bridgehead atoms. The van der Waals surface area contributed by atoms with Crippen molar-refractivity contribution in [2.45, 2.75) is 143 Å². The number of aliphatic hydroxyl groups excluding tert-OH is 1. The molecule has 3 aliphatic heterocycles. The summed E-state index contributed by atoms with van der Waals surface area (Å²) in [7, 11) is 2.95. The summed E-state index contributed by atoms with van der Waals surface area (Å²) in [5, 5.41) is 9.92. The van der Waals surface area contributed by atoms with Gasteiger partial charge in [-0.05, 0) is 37.3 Å². The van der Waals surface area contributed by atoms with Gasteiger partial charge in [0.1, 0.15) is 24.6 Å². The number of hydrogen-bond acceptors (Lipinski definition) is 13. The standard InChI is InChI=1S/C10H20O2S.C7H12O3.C6H15ClSi.C6H10O4.C2H6S.BHNS/c1-5-13-8(3)10-7(2)6-11-9(4)12-10;1-5-4-9-6(2)10-7(5)3-8;1-6(2,3)8(4,5)7;1-4-9-3-5(8)6(2-7)10-4;2*1-2-3/h7-10H,5-6H2,1-4H3;3,5-7H,4H2,1-2H3;1-5H3;2,4-6,8H,3H2,1H3;3H,2H2,1H3;3H/t7-,8?,9-,10?;5-,6-,7?;;4-,5-,6?;;/m11.1../s1. The molecule has 3 saturated heterocycles. The first kappa shape index (κ1) is 51.8. The van der Waals surface area contributed by atoms with Crippen LogP contribution in [0.4, 0.5) is 0 Å². The molecular weight excluding hydrogens is 701 g/mol. The van der Waals surface area contributed by atoms with Gasteiger partial charge in [0.2, 0.25) is 0 Å². The summed E-state index contributed by atoms with van der Waals surface area (Å²) in [6.45, 7) is 28.6. The van der Waals surface area contributed by atoms with E-state index in [1.807, 2.05) is 32.5 Å². The monoisotopic (exact) mass is 764 g/mol. The molecule has 10 atom stereocenters. The molecule has 3 rings (SSSR count). The predicted octanol–water partition coefficient (Wildman–Crippen LogP) is 6.77. The van der Waals surface area contributed by atoms with Crippen molar-refractivity contribution in [1.82, 2.24) is 0 Å². The van der Waals surface area contributed by atoms with E-state index in [1.54, 1.807) is 13.8 Å². The van der Waals surface area contributed by atoms with Gasteiger partial charge >= 0.3 is 24.8 Å². The number of halogens is 1. The van der Waals surface area contributed by atoms with Crippen LogP contribution < -0.4 is 0 Å². The van der Waals surface area contributed by atoms with Crippen LogP contribution in [-0.4, -0.2) is 113 Å². The number of thiol groups is 2. The molecule has 0 amide bonds. The van der Waals surface area contributed by atoms with Crippen molar-refractivity contribution in [3.63, 3.8) is 0 Å². The SMILES string of the molecule is CC(C)(C)[Si](C)(C)Cl.CCS.CCSC(C)C1O[C@H](C)OC[C@H]1C.C[C@@H]1OC[C@@H](C)C(C=O)O1.C[C@@H]1OC[C@@H](O)C(C=O)O1.[B]=NS. The normalized spacial score (nSPS) is 30.9. The zero-order chi connectivity index (χ0) is 37.4. The molecule has 3 aliphatic rings. The maximum atomic E-state index is 10.3. The van der Waals surface area contributed by atoms with Gasteiger partial charge in [-0.25, -0.2) is 0 Å². The Morgan fingerprint density at radius 1 is 0.915 bits per heavy atom. The summed E-state index contributed by atoms with van der Waals surface area (Å²) in [5.74, 6) is 2.81. The van der Waals surface area contributed by atoms with Crippen LogP contribution in [-0.2, 0) is 38.0 Å². The minimum absolute atomic E-state index is 0.0268. The molecule has 0 saturated carbocycles. The van der Waals surface area contributed by atoms with Gasteiger partial charge < -0.3 is 43.1 Å². The van der Waals surface area contributed by atoms with Crippen LogP contribution in [0.1, 0.15) is 76.2 Å². The number of nitrogens with zero attached hydrogens (tertiary/aromatic N) is 1. The average molecular weight is 765 g/mol. The van der Waals surface area contributed by atoms with Crippen molar-refractivity contribution >= 4 is 75.9 Å². The zero-order valence-corrected chi connectivity index (χ0v) is 35.2. The van der Waals surface area contributed by atoms with E-state index in [4.69, 9.17) is 44.6 Å². The molecule has 3 heterocycles. The van der Waals surface area contributed by atoms with E-state index in [9.17, 15) is 9.59 Å². The Labute approximate surface area is 308 Å². The van der Waals surface area contributed by atoms with Crippen LogP contribution in [0, 0.1) is 11.8 Å². The van der Waals surface area contributed by atoms with Gasteiger partial charge in [0.05, 0.1) is 25.9 Å². The molecule has 1 N–H and O–H groups in total. The molecular formula is C31H64BClNO9S3Si. The molecule has 16 heteroatoms. The fourth-order valence-corrected chi connectivity index (χ4v) is 4.50. The van der Waals surface area contributed by atoms with E-state index in [0.29, 0.717) is 35.2 Å². The Kier molecular flexibility index (Phi) is 32.1. The van der Waals surface area contributed by atoms with Crippen molar-refractivity contribution in [1.29, 1.82) is 0 Å². The zero-order valence-electron chi connectivity index (χ0n) is 30.9. The summed E-state index contributed by atoms with van der Waals surface area (Å²) in [4.78, 5) is 20.5. The van der Waals surface area contributed by atoms with E-state index in [2.05, 4.69) is 92.0 Å². The number of ether oxygens (including phenoxy) is 6. The van der Waals surface area contributed by atoms with Gasteiger partial charge in [-0.1, -0.05) is 68.5 Å². The number of carbonyl (C=O) groups excluding carboxylic acids is 2. The third kappa shape index (κ3) is 26.0. The molecule has 0 aromatic heterocycles. The van der Waals surface area contributed by atoms with Crippen molar-refractivity contribution < 1.29 is 43.1 Å². The number of thioether (sulfide) groups is 1. The first-order valence-electron chi connectivity index (χ1n) is 16.1. The van der Waals surface area contributed by atoms with Gasteiger partial charge in [-0.3, -0.25) is 0 Å². The van der Waals surface area contributed by atoms with Gasteiger partial charge in [0, 0.05) is 17.1 Å². The summed E-state index contributed by atoms with van der Waals surface area (Å²) in [5.41, 5.74) is 0. The van der Waals surface area contributed by atoms with E-state index in [-0.39, 0.29) is 31.2 Å². The van der Waals surface area contributed by atoms with Crippen molar-refractivity contribution in [3.05, 3.63) is 0 Å². The second-order valence-electron chi connectivity index (χ2n) is 12.6. The second kappa shape index (κ2) is 29.1. The van der Waals surface area contributed by atoms with Crippen molar-refractivity contribution in [2.24, 2.45) is 16.1 Å². The van der Waals surface area contributed by atoms with Gasteiger partial charge in [-0.2, -0.15) is 35.5 Å². The van der Waals surface area contributed by atoms with Gasteiger partial charge in [0.25, 0.3) is 0 Å². The molecule has 47 heavy (non-hydrogen) atoms. The Morgan fingerprint density at radius 2 is 1.28 bits per heavy atom. The number of aldehydes is 2. The summed E-state index contributed by atoms with van der Waals surface area (Å²) in [6, 6.07) is 0. The third-order valence-electron chi connectivity index (χ3n) is 7.18. The molecule has 0 spiro atoms. The first-order valence-corrected chi connectivity index (χ1v) is 22.2. The van der Waals surface area contributed by atoms with Crippen molar-refractivity contribution in [2.75, 3.05) is 31.3 Å². The van der Waals surface area contributed by atoms with Crippen LogP contribution in [0.5, 0.6) is 0 Å². The van der Waals surface area contributed by atoms with Crippen LogP contribution in [0.15, 0.2) is 4.30 Å². The molecule has 0 aliphatic carbocycles. The fourth-order valence-electron chi connectivity index (χ4n) is 3.45. The molecule has 0 aromatic rings. The molecule has 3 fully saturated rings. The predicted molar refractivity (Wildman–Crippen MR) is 205 cm³/mol. The number of aliphatic hydroxyl groups is 1. The topological polar surface area (TPSA) is 122 Å². The Bertz CT molecular complexity index is 760. The molecule has 1 radical (unpaired) electrons. The van der Waals surface area contributed by atoms with E-state index in [0.717, 1.165) is 24.4 Å². The first-order chi connectivity index (χ1) is 21.7. The molecule has 10 nitrogen and oxygen atoms in total. The van der Waals surface area contributed by atoms with E-state index < -0.39 is 25.9 Å². The maximum absolute atomic E-state index is 10.3. The van der Waals surface area contributed by atoms with Crippen LogP contribution in [0.25, 0.3) is 0 Å².